The maximum atomic E-state index is 13.1. The Hall–Kier alpha value is -3.20. The third kappa shape index (κ3) is 3.27. The Morgan fingerprint density at radius 2 is 2.07 bits per heavy atom. The average Bonchev–Trinajstić information content (AvgIpc) is 3.47. The van der Waals surface area contributed by atoms with Gasteiger partial charge in [-0.15, -0.1) is 15.3 Å². The molecule has 0 saturated carbocycles. The summed E-state index contributed by atoms with van der Waals surface area (Å²) in [6.07, 6.45) is 1.50. The zero-order chi connectivity index (χ0) is 19.8. The van der Waals surface area contributed by atoms with Gasteiger partial charge in [-0.25, -0.2) is 0 Å². The van der Waals surface area contributed by atoms with Crippen LogP contribution in [0.15, 0.2) is 42.7 Å². The summed E-state index contributed by atoms with van der Waals surface area (Å²) in [5.41, 5.74) is 1.75. The van der Waals surface area contributed by atoms with Crippen molar-refractivity contribution in [1.29, 1.82) is 0 Å². The van der Waals surface area contributed by atoms with Gasteiger partial charge in [0.05, 0.1) is 13.2 Å². The molecule has 5 rings (SSSR count). The number of carbonyl (C=O) groups excluding carboxylic acids is 1. The molecule has 0 unspecified atom stereocenters. The molecule has 3 atom stereocenters. The zero-order valence-corrected chi connectivity index (χ0v) is 16.1. The summed E-state index contributed by atoms with van der Waals surface area (Å²) < 4.78 is 12.5. The van der Waals surface area contributed by atoms with Gasteiger partial charge in [0, 0.05) is 31.6 Å². The molecule has 1 N–H and O–H groups in total. The number of hydrogen-bond acceptors (Lipinski definition) is 7. The molecule has 1 amide bonds. The number of carbonyl (C=O) groups is 1. The van der Waals surface area contributed by atoms with E-state index in [-0.39, 0.29) is 18.6 Å². The summed E-state index contributed by atoms with van der Waals surface area (Å²) >= 11 is 0. The Morgan fingerprint density at radius 3 is 2.90 bits per heavy atom. The highest BCUT2D eigenvalue weighted by Gasteiger charge is 2.46. The van der Waals surface area contributed by atoms with E-state index in [1.165, 1.54) is 10.8 Å². The first kappa shape index (κ1) is 17.9. The second kappa shape index (κ2) is 7.32. The molecule has 0 bridgehead atoms. The Labute approximate surface area is 167 Å². The summed E-state index contributed by atoms with van der Waals surface area (Å²) in [7, 11) is 1.65. The molecule has 4 heterocycles. The van der Waals surface area contributed by atoms with E-state index in [4.69, 9.17) is 9.47 Å². The van der Waals surface area contributed by atoms with Crippen LogP contribution >= 0.6 is 0 Å². The number of amides is 1. The lowest BCUT2D eigenvalue weighted by Crippen LogP contribution is -2.37. The molecular formula is C20H22N6O3. The van der Waals surface area contributed by atoms with Gasteiger partial charge in [-0.3, -0.25) is 4.79 Å². The molecule has 1 aromatic carbocycles. The van der Waals surface area contributed by atoms with Gasteiger partial charge in [-0.2, -0.15) is 4.52 Å². The Bertz CT molecular complexity index is 1020. The highest BCUT2D eigenvalue weighted by Crippen LogP contribution is 2.42. The summed E-state index contributed by atoms with van der Waals surface area (Å²) in [5, 5.41) is 15.4. The van der Waals surface area contributed by atoms with E-state index >= 15 is 0 Å². The van der Waals surface area contributed by atoms with Gasteiger partial charge in [0.2, 0.25) is 5.88 Å². The fourth-order valence-corrected chi connectivity index (χ4v) is 4.41. The fourth-order valence-electron chi connectivity index (χ4n) is 4.41. The number of hydrogen-bond donors (Lipinski definition) is 1. The second-order valence-corrected chi connectivity index (χ2v) is 7.44. The summed E-state index contributed by atoms with van der Waals surface area (Å²) in [6, 6.07) is 11.5. The molecule has 150 valence electrons. The third-order valence-electron chi connectivity index (χ3n) is 5.82. The molecule has 9 heteroatoms. The predicted octanol–water partition coefficient (Wildman–Crippen LogP) is 0.931. The standard InChI is InChI=1S/C20H22N6O3/c1-28-15-4-2-13(3-5-15)20-16-9-21-8-14(16)10-25(20)19(27)11-29-18-7-6-17-23-22-12-26(17)24-18/h2-7,12,14,16,20-21H,8-11H2,1H3/t14-,16-,20-/m0/s1. The van der Waals surface area contributed by atoms with E-state index in [0.29, 0.717) is 23.4 Å². The number of rotatable bonds is 5. The Balaban J connectivity index is 1.33. The number of nitrogens with zero attached hydrogens (tertiary/aromatic N) is 5. The van der Waals surface area contributed by atoms with Crippen LogP contribution in [-0.4, -0.2) is 64.0 Å². The smallest absolute Gasteiger partial charge is 0.261 e. The zero-order valence-electron chi connectivity index (χ0n) is 16.1. The molecule has 2 aliphatic rings. The van der Waals surface area contributed by atoms with E-state index in [9.17, 15) is 4.79 Å². The van der Waals surface area contributed by atoms with Crippen molar-refractivity contribution in [3.63, 3.8) is 0 Å². The molecule has 2 aliphatic heterocycles. The first-order valence-electron chi connectivity index (χ1n) is 9.67. The third-order valence-corrected chi connectivity index (χ3v) is 5.82. The maximum Gasteiger partial charge on any atom is 0.261 e. The van der Waals surface area contributed by atoms with Crippen molar-refractivity contribution in [3.05, 3.63) is 48.3 Å². The molecule has 2 fully saturated rings. The van der Waals surface area contributed by atoms with Crippen molar-refractivity contribution in [3.8, 4) is 11.6 Å². The number of ether oxygens (including phenoxy) is 2. The second-order valence-electron chi connectivity index (χ2n) is 7.44. The van der Waals surface area contributed by atoms with Gasteiger partial charge >= 0.3 is 0 Å². The summed E-state index contributed by atoms with van der Waals surface area (Å²) in [6.45, 7) is 2.53. The van der Waals surface area contributed by atoms with E-state index in [2.05, 4.69) is 20.6 Å². The van der Waals surface area contributed by atoms with E-state index in [0.717, 1.165) is 30.9 Å². The number of fused-ring (bicyclic) bond motifs is 2. The van der Waals surface area contributed by atoms with Crippen LogP contribution in [-0.2, 0) is 4.79 Å². The number of benzene rings is 1. The van der Waals surface area contributed by atoms with Crippen molar-refractivity contribution >= 4 is 11.6 Å². The minimum atomic E-state index is -0.0554. The number of nitrogens with one attached hydrogen (secondary N) is 1. The highest BCUT2D eigenvalue weighted by atomic mass is 16.5. The van der Waals surface area contributed by atoms with Gasteiger partial charge in [-0.1, -0.05) is 12.1 Å². The quantitative estimate of drug-likeness (QED) is 0.688. The van der Waals surface area contributed by atoms with Gasteiger partial charge in [0.1, 0.15) is 12.1 Å². The topological polar surface area (TPSA) is 93.9 Å². The monoisotopic (exact) mass is 394 g/mol. The van der Waals surface area contributed by atoms with E-state index in [1.807, 2.05) is 29.2 Å². The minimum absolute atomic E-state index is 0.0327. The molecule has 3 aromatic rings. The predicted molar refractivity (Wildman–Crippen MR) is 104 cm³/mol. The lowest BCUT2D eigenvalue weighted by atomic mass is 9.89. The van der Waals surface area contributed by atoms with Crippen LogP contribution in [0.25, 0.3) is 5.65 Å². The van der Waals surface area contributed by atoms with E-state index in [1.54, 1.807) is 19.2 Å². The van der Waals surface area contributed by atoms with Crippen LogP contribution in [0.5, 0.6) is 11.6 Å². The lowest BCUT2D eigenvalue weighted by Gasteiger charge is -2.28. The first-order valence-corrected chi connectivity index (χ1v) is 9.67. The van der Waals surface area contributed by atoms with Crippen LogP contribution in [0, 0.1) is 11.8 Å². The van der Waals surface area contributed by atoms with Crippen molar-refractivity contribution in [2.45, 2.75) is 6.04 Å². The molecule has 2 saturated heterocycles. The number of likely N-dealkylation sites (tertiary alicyclic amines) is 1. The van der Waals surface area contributed by atoms with Crippen molar-refractivity contribution in [1.82, 2.24) is 30.0 Å². The first-order chi connectivity index (χ1) is 14.2. The average molecular weight is 394 g/mol. The summed E-state index contributed by atoms with van der Waals surface area (Å²) in [5.74, 6) is 2.00. The normalized spacial score (nSPS) is 23.3. The van der Waals surface area contributed by atoms with Crippen molar-refractivity contribution in [2.24, 2.45) is 11.8 Å². The molecule has 2 aromatic heterocycles. The fraction of sp³-hybridized carbons (Fsp3) is 0.400. The van der Waals surface area contributed by atoms with Crippen LogP contribution in [0.2, 0.25) is 0 Å². The molecule has 0 radical (unpaired) electrons. The number of methoxy groups -OCH3 is 1. The molecular weight excluding hydrogens is 372 g/mol. The SMILES string of the molecule is COc1ccc([C@H]2[C@H]3CNC[C@H]3CN2C(=O)COc2ccc3nncn3n2)cc1. The van der Waals surface area contributed by atoms with Gasteiger partial charge in [0.15, 0.2) is 12.3 Å². The van der Waals surface area contributed by atoms with Crippen LogP contribution in [0.3, 0.4) is 0 Å². The summed E-state index contributed by atoms with van der Waals surface area (Å²) in [4.78, 5) is 15.0. The van der Waals surface area contributed by atoms with Crippen LogP contribution in [0.1, 0.15) is 11.6 Å². The Morgan fingerprint density at radius 1 is 1.21 bits per heavy atom. The maximum absolute atomic E-state index is 13.1. The lowest BCUT2D eigenvalue weighted by molar-refractivity contribution is -0.134. The minimum Gasteiger partial charge on any atom is -0.497 e. The van der Waals surface area contributed by atoms with Crippen molar-refractivity contribution in [2.75, 3.05) is 33.4 Å². The van der Waals surface area contributed by atoms with Crippen LogP contribution in [0.4, 0.5) is 0 Å². The molecule has 0 spiro atoms. The Kier molecular flexibility index (Phi) is 4.51. The van der Waals surface area contributed by atoms with Crippen LogP contribution < -0.4 is 14.8 Å². The van der Waals surface area contributed by atoms with Gasteiger partial charge < -0.3 is 19.7 Å². The molecule has 29 heavy (non-hydrogen) atoms. The van der Waals surface area contributed by atoms with Crippen molar-refractivity contribution < 1.29 is 14.3 Å². The van der Waals surface area contributed by atoms with Gasteiger partial charge in [-0.05, 0) is 29.7 Å². The highest BCUT2D eigenvalue weighted by molar-refractivity contribution is 5.78. The number of aromatic nitrogens is 4. The molecule has 0 aliphatic carbocycles. The van der Waals surface area contributed by atoms with Gasteiger partial charge in [0.25, 0.3) is 5.91 Å². The molecule has 9 nitrogen and oxygen atoms in total. The van der Waals surface area contributed by atoms with E-state index < -0.39 is 0 Å². The largest absolute Gasteiger partial charge is 0.497 e.